The fourth-order valence-corrected chi connectivity index (χ4v) is 5.03. The molecule has 0 bridgehead atoms. The molecule has 10 heteroatoms. The Kier molecular flexibility index (Phi) is 6.75. The molecule has 1 aliphatic carbocycles. The summed E-state index contributed by atoms with van der Waals surface area (Å²) < 4.78 is 27.2. The molecule has 1 atom stereocenters. The molecule has 37 heavy (non-hydrogen) atoms. The average Bonchev–Trinajstić information content (AvgIpc) is 3.48. The van der Waals surface area contributed by atoms with E-state index in [1.807, 2.05) is 30.5 Å². The van der Waals surface area contributed by atoms with E-state index in [1.165, 1.54) is 18.7 Å². The van der Waals surface area contributed by atoms with Crippen molar-refractivity contribution in [2.24, 2.45) is 0 Å². The lowest BCUT2D eigenvalue weighted by Crippen LogP contribution is -2.27. The molecule has 0 saturated carbocycles. The topological polar surface area (TPSA) is 99.8 Å². The Labute approximate surface area is 216 Å². The summed E-state index contributed by atoms with van der Waals surface area (Å²) in [6, 6.07) is 12.0. The highest BCUT2D eigenvalue weighted by atomic mass is 32.2. The van der Waals surface area contributed by atoms with Gasteiger partial charge in [-0.2, -0.15) is 0 Å². The number of pyridine rings is 1. The minimum absolute atomic E-state index is 0.0611. The molecule has 0 saturated heterocycles. The van der Waals surface area contributed by atoms with Gasteiger partial charge in [0.25, 0.3) is 5.91 Å². The van der Waals surface area contributed by atoms with E-state index >= 15 is 0 Å². The SMILES string of the molecule is CSc1nc(-c2cccc3c2CCC3NC(=O)c2cc(F)cc(F)c2)c(-c2ccnc(NC(C)=O)c2)[nH]1. The van der Waals surface area contributed by atoms with Gasteiger partial charge < -0.3 is 15.6 Å². The molecule has 0 aliphatic heterocycles. The largest absolute Gasteiger partial charge is 0.345 e. The van der Waals surface area contributed by atoms with Gasteiger partial charge in [-0.25, -0.2) is 18.7 Å². The highest BCUT2D eigenvalue weighted by Crippen LogP contribution is 2.41. The van der Waals surface area contributed by atoms with Crippen molar-refractivity contribution in [2.75, 3.05) is 11.6 Å². The highest BCUT2D eigenvalue weighted by Gasteiger charge is 2.28. The number of thioether (sulfide) groups is 1. The standard InChI is InChI=1S/C27H23F2N5O2S/c1-14(35)31-23-12-15(8-9-30-23)24-25(34-27(33-24)37-2)21-5-3-4-20-19(21)6-7-22(20)32-26(36)16-10-17(28)13-18(29)11-16/h3-5,8-13,22H,6-7H2,1-2H3,(H,32,36)(H,33,34)(H,30,31,35). The fraction of sp³-hybridized carbons (Fsp3) is 0.185. The van der Waals surface area contributed by atoms with E-state index in [2.05, 4.69) is 20.6 Å². The lowest BCUT2D eigenvalue weighted by molar-refractivity contribution is -0.114. The van der Waals surface area contributed by atoms with Crippen LogP contribution in [0.15, 0.2) is 59.9 Å². The predicted molar refractivity (Wildman–Crippen MR) is 138 cm³/mol. The highest BCUT2D eigenvalue weighted by molar-refractivity contribution is 7.98. The van der Waals surface area contributed by atoms with Gasteiger partial charge in [-0.1, -0.05) is 30.0 Å². The second-order valence-corrected chi connectivity index (χ2v) is 9.47. The van der Waals surface area contributed by atoms with E-state index in [4.69, 9.17) is 4.98 Å². The Balaban J connectivity index is 1.50. The van der Waals surface area contributed by atoms with E-state index in [1.54, 1.807) is 12.3 Å². The summed E-state index contributed by atoms with van der Waals surface area (Å²) in [5.74, 6) is -1.91. The van der Waals surface area contributed by atoms with E-state index < -0.39 is 17.5 Å². The number of nitrogens with zero attached hydrogens (tertiary/aromatic N) is 2. The second kappa shape index (κ2) is 10.1. The van der Waals surface area contributed by atoms with Crippen molar-refractivity contribution < 1.29 is 18.4 Å². The van der Waals surface area contributed by atoms with Gasteiger partial charge in [0.1, 0.15) is 17.5 Å². The number of aromatic nitrogens is 3. The third-order valence-corrected chi connectivity index (χ3v) is 6.76. The third kappa shape index (κ3) is 5.10. The summed E-state index contributed by atoms with van der Waals surface area (Å²) in [6.07, 6.45) is 4.90. The number of amides is 2. The zero-order valence-corrected chi connectivity index (χ0v) is 20.9. The van der Waals surface area contributed by atoms with E-state index in [-0.39, 0.29) is 17.5 Å². The molecule has 2 aromatic heterocycles. The zero-order chi connectivity index (χ0) is 26.1. The maximum absolute atomic E-state index is 13.6. The molecule has 3 N–H and O–H groups in total. The van der Waals surface area contributed by atoms with Gasteiger partial charge in [0.05, 0.1) is 17.4 Å². The number of halogens is 2. The molecule has 0 fully saturated rings. The van der Waals surface area contributed by atoms with Crippen molar-refractivity contribution in [3.05, 3.63) is 83.1 Å². The van der Waals surface area contributed by atoms with Gasteiger partial charge in [-0.3, -0.25) is 9.59 Å². The van der Waals surface area contributed by atoms with Crippen LogP contribution in [0.2, 0.25) is 0 Å². The van der Waals surface area contributed by atoms with Crippen LogP contribution in [0.1, 0.15) is 40.9 Å². The molecule has 0 spiro atoms. The Hall–Kier alpha value is -4.05. The lowest BCUT2D eigenvalue weighted by Gasteiger charge is -2.15. The molecule has 5 rings (SSSR count). The van der Waals surface area contributed by atoms with Gasteiger partial charge in [-0.15, -0.1) is 0 Å². The normalized spacial score (nSPS) is 14.3. The maximum atomic E-state index is 13.6. The number of anilines is 1. The van der Waals surface area contributed by atoms with E-state index in [0.717, 1.165) is 57.0 Å². The summed E-state index contributed by atoms with van der Waals surface area (Å²) in [5, 5.41) is 6.36. The maximum Gasteiger partial charge on any atom is 0.251 e. The van der Waals surface area contributed by atoms with Crippen molar-refractivity contribution in [3.63, 3.8) is 0 Å². The Morgan fingerprint density at radius 3 is 2.62 bits per heavy atom. The van der Waals surface area contributed by atoms with Crippen molar-refractivity contribution in [1.29, 1.82) is 0 Å². The molecule has 1 aliphatic rings. The van der Waals surface area contributed by atoms with Gasteiger partial charge >= 0.3 is 0 Å². The molecule has 4 aromatic rings. The van der Waals surface area contributed by atoms with E-state index in [9.17, 15) is 18.4 Å². The first kappa shape index (κ1) is 24.6. The fourth-order valence-electron chi connectivity index (χ4n) is 4.64. The summed E-state index contributed by atoms with van der Waals surface area (Å²) in [5.41, 5.74) is 5.21. The third-order valence-electron chi connectivity index (χ3n) is 6.18. The predicted octanol–water partition coefficient (Wildman–Crippen LogP) is 5.51. The summed E-state index contributed by atoms with van der Waals surface area (Å²) >= 11 is 1.48. The van der Waals surface area contributed by atoms with Crippen LogP contribution in [-0.2, 0) is 11.2 Å². The lowest BCUT2D eigenvalue weighted by atomic mass is 9.97. The summed E-state index contributed by atoms with van der Waals surface area (Å²) in [4.78, 5) is 36.7. The smallest absolute Gasteiger partial charge is 0.251 e. The summed E-state index contributed by atoms with van der Waals surface area (Å²) in [7, 11) is 0. The number of carbonyl (C=O) groups is 2. The average molecular weight is 520 g/mol. The number of H-pyrrole nitrogens is 1. The number of imidazole rings is 1. The molecule has 2 amide bonds. The number of nitrogens with one attached hydrogen (secondary N) is 3. The quantitative estimate of drug-likeness (QED) is 0.292. The van der Waals surface area contributed by atoms with Crippen molar-refractivity contribution >= 4 is 29.4 Å². The minimum Gasteiger partial charge on any atom is -0.345 e. The number of hydrogen-bond acceptors (Lipinski definition) is 5. The molecule has 2 aromatic carbocycles. The molecular formula is C27H23F2N5O2S. The molecular weight excluding hydrogens is 496 g/mol. The first-order chi connectivity index (χ1) is 17.8. The number of hydrogen-bond donors (Lipinski definition) is 3. The number of aromatic amines is 1. The van der Waals surface area contributed by atoms with Gasteiger partial charge in [0.2, 0.25) is 5.91 Å². The van der Waals surface area contributed by atoms with Gasteiger partial charge in [-0.05, 0) is 54.5 Å². The van der Waals surface area contributed by atoms with Crippen LogP contribution in [0.4, 0.5) is 14.6 Å². The molecule has 2 heterocycles. The Bertz CT molecular complexity index is 1500. The molecule has 188 valence electrons. The summed E-state index contributed by atoms with van der Waals surface area (Å²) in [6.45, 7) is 1.43. The van der Waals surface area contributed by atoms with Crippen LogP contribution in [0.3, 0.4) is 0 Å². The Morgan fingerprint density at radius 1 is 1.11 bits per heavy atom. The number of rotatable bonds is 6. The van der Waals surface area contributed by atoms with Crippen LogP contribution in [0.5, 0.6) is 0 Å². The number of fused-ring (bicyclic) bond motifs is 1. The van der Waals surface area contributed by atoms with Crippen molar-refractivity contribution in [2.45, 2.75) is 31.0 Å². The zero-order valence-electron chi connectivity index (χ0n) is 20.1. The van der Waals surface area contributed by atoms with Crippen LogP contribution in [0.25, 0.3) is 22.5 Å². The first-order valence-electron chi connectivity index (χ1n) is 11.6. The number of benzene rings is 2. The molecule has 1 unspecified atom stereocenters. The monoisotopic (exact) mass is 519 g/mol. The number of carbonyl (C=O) groups excluding carboxylic acids is 2. The van der Waals surface area contributed by atoms with Crippen LogP contribution >= 0.6 is 11.8 Å². The Morgan fingerprint density at radius 2 is 1.89 bits per heavy atom. The van der Waals surface area contributed by atoms with Gasteiger partial charge in [0, 0.05) is 35.9 Å². The first-order valence-corrected chi connectivity index (χ1v) is 12.8. The van der Waals surface area contributed by atoms with Crippen LogP contribution in [0, 0.1) is 11.6 Å². The molecule has 0 radical (unpaired) electrons. The van der Waals surface area contributed by atoms with Crippen LogP contribution < -0.4 is 10.6 Å². The van der Waals surface area contributed by atoms with Crippen molar-refractivity contribution in [1.82, 2.24) is 20.3 Å². The van der Waals surface area contributed by atoms with Crippen LogP contribution in [-0.4, -0.2) is 33.0 Å². The van der Waals surface area contributed by atoms with Crippen molar-refractivity contribution in [3.8, 4) is 22.5 Å². The van der Waals surface area contributed by atoms with E-state index in [0.29, 0.717) is 18.7 Å². The van der Waals surface area contributed by atoms with Gasteiger partial charge in [0.15, 0.2) is 5.16 Å². The molecule has 7 nitrogen and oxygen atoms in total. The minimum atomic E-state index is -0.798. The second-order valence-electron chi connectivity index (χ2n) is 8.68.